The molecule has 2 rings (SSSR count). The van der Waals surface area contributed by atoms with Crippen LogP contribution in [0.2, 0.25) is 0 Å². The SMILES string of the molecule is CNC1CC(O)CNC2OC12. The molecule has 0 aromatic heterocycles. The minimum atomic E-state index is -0.233. The van der Waals surface area contributed by atoms with Crippen LogP contribution < -0.4 is 10.6 Å². The van der Waals surface area contributed by atoms with E-state index in [9.17, 15) is 5.11 Å². The molecule has 0 aliphatic carbocycles. The summed E-state index contributed by atoms with van der Waals surface area (Å²) in [5, 5.41) is 15.6. The topological polar surface area (TPSA) is 56.8 Å². The molecule has 4 nitrogen and oxygen atoms in total. The average Bonchev–Trinajstić information content (AvgIpc) is 2.73. The largest absolute Gasteiger partial charge is 0.392 e. The molecular formula is C7H14N2O2. The second kappa shape index (κ2) is 2.71. The molecule has 0 bridgehead atoms. The number of fused-ring (bicyclic) bond motifs is 1. The van der Waals surface area contributed by atoms with Gasteiger partial charge in [0.05, 0.1) is 6.10 Å². The van der Waals surface area contributed by atoms with E-state index in [1.54, 1.807) is 0 Å². The lowest BCUT2D eigenvalue weighted by Crippen LogP contribution is -2.34. The number of nitrogens with one attached hydrogen (secondary N) is 2. The molecule has 0 aromatic rings. The van der Waals surface area contributed by atoms with Crippen LogP contribution in [0.25, 0.3) is 0 Å². The first kappa shape index (κ1) is 7.49. The van der Waals surface area contributed by atoms with Crippen molar-refractivity contribution in [3.05, 3.63) is 0 Å². The van der Waals surface area contributed by atoms with E-state index in [1.807, 2.05) is 7.05 Å². The maximum absolute atomic E-state index is 9.37. The van der Waals surface area contributed by atoms with E-state index in [0.717, 1.165) is 6.42 Å². The molecular weight excluding hydrogens is 144 g/mol. The fourth-order valence-electron chi connectivity index (χ4n) is 1.64. The lowest BCUT2D eigenvalue weighted by molar-refractivity contribution is 0.134. The highest BCUT2D eigenvalue weighted by molar-refractivity contribution is 4.97. The number of β-amino-alcohol motifs (C(OH)–C–C–N with tert-alkyl or cyclic N) is 1. The van der Waals surface area contributed by atoms with Crippen LogP contribution in [0.15, 0.2) is 0 Å². The molecule has 0 aromatic carbocycles. The van der Waals surface area contributed by atoms with Gasteiger partial charge in [-0.2, -0.15) is 0 Å². The van der Waals surface area contributed by atoms with Crippen molar-refractivity contribution < 1.29 is 9.84 Å². The predicted molar refractivity (Wildman–Crippen MR) is 40.1 cm³/mol. The molecule has 4 atom stereocenters. The number of rotatable bonds is 1. The van der Waals surface area contributed by atoms with Gasteiger partial charge in [-0.3, -0.25) is 5.32 Å². The normalized spacial score (nSPS) is 49.6. The van der Waals surface area contributed by atoms with E-state index >= 15 is 0 Å². The third-order valence-electron chi connectivity index (χ3n) is 2.37. The zero-order valence-electron chi connectivity index (χ0n) is 6.58. The maximum atomic E-state index is 9.37. The van der Waals surface area contributed by atoms with Gasteiger partial charge in [-0.05, 0) is 13.5 Å². The molecule has 0 spiro atoms. The minimum Gasteiger partial charge on any atom is -0.392 e. The Labute approximate surface area is 65.9 Å². The Hall–Kier alpha value is -0.160. The summed E-state index contributed by atoms with van der Waals surface area (Å²) in [5.41, 5.74) is 0. The zero-order valence-corrected chi connectivity index (χ0v) is 6.58. The number of hydrogen-bond acceptors (Lipinski definition) is 4. The van der Waals surface area contributed by atoms with Crippen LogP contribution in [-0.4, -0.2) is 43.2 Å². The van der Waals surface area contributed by atoms with Crippen LogP contribution in [0.4, 0.5) is 0 Å². The van der Waals surface area contributed by atoms with E-state index in [4.69, 9.17) is 4.74 Å². The lowest BCUT2D eigenvalue weighted by Gasteiger charge is -2.14. The van der Waals surface area contributed by atoms with Crippen LogP contribution in [0, 0.1) is 0 Å². The summed E-state index contributed by atoms with van der Waals surface area (Å²) in [6.07, 6.45) is 1.01. The van der Waals surface area contributed by atoms with E-state index in [2.05, 4.69) is 10.6 Å². The van der Waals surface area contributed by atoms with Gasteiger partial charge in [0.1, 0.15) is 12.3 Å². The monoisotopic (exact) mass is 158 g/mol. The highest BCUT2D eigenvalue weighted by Crippen LogP contribution is 2.27. The van der Waals surface area contributed by atoms with Gasteiger partial charge in [0.25, 0.3) is 0 Å². The van der Waals surface area contributed by atoms with Crippen LogP contribution >= 0.6 is 0 Å². The van der Waals surface area contributed by atoms with Gasteiger partial charge in [0.15, 0.2) is 0 Å². The van der Waals surface area contributed by atoms with Crippen LogP contribution in [0.1, 0.15) is 6.42 Å². The first-order chi connectivity index (χ1) is 5.31. The molecule has 0 amide bonds. The quantitative estimate of drug-likeness (QED) is 0.413. The molecule has 0 saturated carbocycles. The molecule has 3 N–H and O–H groups in total. The van der Waals surface area contributed by atoms with Gasteiger partial charge in [-0.25, -0.2) is 0 Å². The predicted octanol–water partition coefficient (Wildman–Crippen LogP) is -1.35. The molecule has 2 heterocycles. The molecule has 2 fully saturated rings. The van der Waals surface area contributed by atoms with E-state index in [0.29, 0.717) is 12.6 Å². The van der Waals surface area contributed by atoms with Crippen molar-refractivity contribution in [1.82, 2.24) is 10.6 Å². The molecule has 4 unspecified atom stereocenters. The average molecular weight is 158 g/mol. The van der Waals surface area contributed by atoms with Crippen molar-refractivity contribution in [3.8, 4) is 0 Å². The van der Waals surface area contributed by atoms with Gasteiger partial charge in [-0.1, -0.05) is 0 Å². The second-order valence-corrected chi connectivity index (χ2v) is 3.21. The molecule has 64 valence electrons. The minimum absolute atomic E-state index is 0.185. The Morgan fingerprint density at radius 1 is 1.64 bits per heavy atom. The number of epoxide rings is 1. The highest BCUT2D eigenvalue weighted by atomic mass is 16.6. The first-order valence-corrected chi connectivity index (χ1v) is 4.05. The number of hydrogen-bond donors (Lipinski definition) is 3. The fraction of sp³-hybridized carbons (Fsp3) is 1.00. The van der Waals surface area contributed by atoms with Crippen LogP contribution in [0.3, 0.4) is 0 Å². The Balaban J connectivity index is 1.96. The van der Waals surface area contributed by atoms with Crippen molar-refractivity contribution in [2.24, 2.45) is 0 Å². The second-order valence-electron chi connectivity index (χ2n) is 3.21. The van der Waals surface area contributed by atoms with Crippen molar-refractivity contribution in [3.63, 3.8) is 0 Å². The lowest BCUT2D eigenvalue weighted by atomic mass is 10.1. The fourth-order valence-corrected chi connectivity index (χ4v) is 1.64. The van der Waals surface area contributed by atoms with Crippen LogP contribution in [-0.2, 0) is 4.74 Å². The first-order valence-electron chi connectivity index (χ1n) is 4.05. The number of ether oxygens (including phenoxy) is 1. The summed E-state index contributed by atoms with van der Waals surface area (Å²) in [7, 11) is 1.90. The van der Waals surface area contributed by atoms with Crippen molar-refractivity contribution in [2.75, 3.05) is 13.6 Å². The number of aliphatic hydroxyl groups is 1. The van der Waals surface area contributed by atoms with Gasteiger partial charge in [0.2, 0.25) is 0 Å². The molecule has 11 heavy (non-hydrogen) atoms. The smallest absolute Gasteiger partial charge is 0.136 e. The Bertz CT molecular complexity index is 151. The van der Waals surface area contributed by atoms with Gasteiger partial charge in [0, 0.05) is 12.6 Å². The van der Waals surface area contributed by atoms with E-state index in [-0.39, 0.29) is 18.4 Å². The molecule has 0 radical (unpaired) electrons. The Kier molecular flexibility index (Phi) is 1.85. The summed E-state index contributed by atoms with van der Waals surface area (Å²) in [6.45, 7) is 0.652. The van der Waals surface area contributed by atoms with Gasteiger partial charge >= 0.3 is 0 Å². The molecule has 2 aliphatic rings. The number of likely N-dealkylation sites (N-methyl/N-ethyl adjacent to an activating group) is 1. The standard InChI is InChI=1S/C7H14N2O2/c1-8-5-2-4(10)3-9-7-6(5)11-7/h4-10H,2-3H2,1H3. The zero-order chi connectivity index (χ0) is 7.84. The van der Waals surface area contributed by atoms with Gasteiger partial charge in [-0.15, -0.1) is 0 Å². The highest BCUT2D eigenvalue weighted by Gasteiger charge is 2.46. The number of aliphatic hydroxyl groups excluding tert-OH is 1. The van der Waals surface area contributed by atoms with Crippen LogP contribution in [0.5, 0.6) is 0 Å². The summed E-state index contributed by atoms with van der Waals surface area (Å²) >= 11 is 0. The summed E-state index contributed by atoms with van der Waals surface area (Å²) in [5.74, 6) is 0. The third-order valence-corrected chi connectivity index (χ3v) is 2.37. The van der Waals surface area contributed by atoms with E-state index in [1.165, 1.54) is 0 Å². The van der Waals surface area contributed by atoms with Crippen molar-refractivity contribution >= 4 is 0 Å². The van der Waals surface area contributed by atoms with Gasteiger partial charge < -0.3 is 15.2 Å². The molecule has 4 heteroatoms. The Morgan fingerprint density at radius 2 is 2.45 bits per heavy atom. The van der Waals surface area contributed by atoms with E-state index < -0.39 is 0 Å². The van der Waals surface area contributed by atoms with Crippen molar-refractivity contribution in [2.45, 2.75) is 30.9 Å². The summed E-state index contributed by atoms with van der Waals surface area (Å²) in [6, 6.07) is 0.310. The molecule has 2 aliphatic heterocycles. The summed E-state index contributed by atoms with van der Waals surface area (Å²) in [4.78, 5) is 0. The maximum Gasteiger partial charge on any atom is 0.136 e. The molecule has 2 saturated heterocycles. The Morgan fingerprint density at radius 3 is 3.18 bits per heavy atom. The van der Waals surface area contributed by atoms with Crippen molar-refractivity contribution in [1.29, 1.82) is 0 Å². The third kappa shape index (κ3) is 1.39. The summed E-state index contributed by atoms with van der Waals surface area (Å²) < 4.78 is 5.32.